The smallest absolute Gasteiger partial charge is 0.303 e. The molecule has 2 rings (SSSR count). The monoisotopic (exact) mass is 232 g/mol. The summed E-state index contributed by atoms with van der Waals surface area (Å²) in [6.07, 6.45) is 0.254. The highest BCUT2D eigenvalue weighted by Crippen LogP contribution is 2.16. The Balaban J connectivity index is 2.12. The van der Waals surface area contributed by atoms with Crippen LogP contribution in [0.4, 0.5) is 0 Å². The zero-order valence-electron chi connectivity index (χ0n) is 9.38. The second-order valence-corrected chi connectivity index (χ2v) is 3.77. The molecule has 2 aromatic rings. The van der Waals surface area contributed by atoms with Gasteiger partial charge < -0.3 is 9.63 Å². The molecule has 0 spiro atoms. The van der Waals surface area contributed by atoms with Gasteiger partial charge in [-0.2, -0.15) is 4.98 Å². The molecule has 0 atom stereocenters. The van der Waals surface area contributed by atoms with Crippen LogP contribution in [0.15, 0.2) is 28.8 Å². The third-order valence-corrected chi connectivity index (χ3v) is 2.33. The van der Waals surface area contributed by atoms with Crippen LogP contribution in [0.3, 0.4) is 0 Å². The largest absolute Gasteiger partial charge is 0.481 e. The van der Waals surface area contributed by atoms with E-state index in [0.717, 1.165) is 11.1 Å². The summed E-state index contributed by atoms with van der Waals surface area (Å²) in [6.45, 7) is 2.00. The molecule has 0 saturated heterocycles. The van der Waals surface area contributed by atoms with Crippen LogP contribution in [-0.4, -0.2) is 21.2 Å². The minimum atomic E-state index is -0.875. The van der Waals surface area contributed by atoms with Gasteiger partial charge in [-0.3, -0.25) is 4.79 Å². The first kappa shape index (κ1) is 11.3. The van der Waals surface area contributed by atoms with Crippen molar-refractivity contribution >= 4 is 5.97 Å². The van der Waals surface area contributed by atoms with Crippen LogP contribution >= 0.6 is 0 Å². The van der Waals surface area contributed by atoms with Gasteiger partial charge >= 0.3 is 5.97 Å². The quantitative estimate of drug-likeness (QED) is 0.873. The number of aryl methyl sites for hydroxylation is 2. The van der Waals surface area contributed by atoms with Gasteiger partial charge in [-0.05, 0) is 6.92 Å². The van der Waals surface area contributed by atoms with Crippen molar-refractivity contribution in [3.63, 3.8) is 0 Å². The van der Waals surface area contributed by atoms with Crippen molar-refractivity contribution in [2.24, 2.45) is 0 Å². The Kier molecular flexibility index (Phi) is 3.18. The topological polar surface area (TPSA) is 76.2 Å². The fourth-order valence-corrected chi connectivity index (χ4v) is 1.39. The summed E-state index contributed by atoms with van der Waals surface area (Å²) in [7, 11) is 0. The predicted octanol–water partition coefficient (Wildman–Crippen LogP) is 2.06. The van der Waals surface area contributed by atoms with E-state index in [1.54, 1.807) is 0 Å². The van der Waals surface area contributed by atoms with Gasteiger partial charge in [0.15, 0.2) is 0 Å². The fourth-order valence-electron chi connectivity index (χ4n) is 1.39. The number of carbonyl (C=O) groups is 1. The zero-order valence-corrected chi connectivity index (χ0v) is 9.38. The minimum absolute atomic E-state index is 0.00443. The number of hydrogen-bond donors (Lipinski definition) is 1. The lowest BCUT2D eigenvalue weighted by molar-refractivity contribution is -0.137. The van der Waals surface area contributed by atoms with Crippen molar-refractivity contribution in [1.29, 1.82) is 0 Å². The van der Waals surface area contributed by atoms with E-state index in [4.69, 9.17) is 9.63 Å². The van der Waals surface area contributed by atoms with E-state index in [9.17, 15) is 4.79 Å². The Morgan fingerprint density at radius 3 is 2.71 bits per heavy atom. The molecule has 0 aliphatic carbocycles. The van der Waals surface area contributed by atoms with E-state index in [0.29, 0.717) is 11.7 Å². The molecule has 1 heterocycles. The van der Waals surface area contributed by atoms with Crippen LogP contribution < -0.4 is 0 Å². The molecule has 0 amide bonds. The number of hydrogen-bond acceptors (Lipinski definition) is 4. The second kappa shape index (κ2) is 4.78. The number of carboxylic acids is 1. The Bertz CT molecular complexity index is 517. The minimum Gasteiger partial charge on any atom is -0.481 e. The summed E-state index contributed by atoms with van der Waals surface area (Å²) in [5, 5.41) is 12.4. The fraction of sp³-hybridized carbons (Fsp3) is 0.250. The molecule has 17 heavy (non-hydrogen) atoms. The molecule has 0 fully saturated rings. The van der Waals surface area contributed by atoms with E-state index in [-0.39, 0.29) is 12.8 Å². The van der Waals surface area contributed by atoms with Gasteiger partial charge in [0.05, 0.1) is 6.42 Å². The first-order chi connectivity index (χ1) is 8.15. The first-order valence-corrected chi connectivity index (χ1v) is 5.26. The van der Waals surface area contributed by atoms with Gasteiger partial charge in [0.1, 0.15) is 0 Å². The van der Waals surface area contributed by atoms with E-state index < -0.39 is 5.97 Å². The van der Waals surface area contributed by atoms with Crippen LogP contribution in [0.25, 0.3) is 11.4 Å². The van der Waals surface area contributed by atoms with Gasteiger partial charge in [0.2, 0.25) is 11.7 Å². The van der Waals surface area contributed by atoms with Crippen LogP contribution in [0.2, 0.25) is 0 Å². The summed E-state index contributed by atoms with van der Waals surface area (Å²) >= 11 is 0. The Hall–Kier alpha value is -2.17. The molecular formula is C12H12N2O3. The molecule has 0 aliphatic rings. The van der Waals surface area contributed by atoms with Crippen LogP contribution in [0, 0.1) is 6.92 Å². The number of aromatic nitrogens is 2. The summed E-state index contributed by atoms with van der Waals surface area (Å²) < 4.78 is 4.98. The van der Waals surface area contributed by atoms with Gasteiger partial charge in [-0.15, -0.1) is 0 Å². The highest BCUT2D eigenvalue weighted by Gasteiger charge is 2.09. The number of rotatable bonds is 4. The molecule has 1 aromatic heterocycles. The number of aliphatic carboxylic acids is 1. The lowest BCUT2D eigenvalue weighted by Gasteiger charge is -1.94. The van der Waals surface area contributed by atoms with Gasteiger partial charge in [-0.25, -0.2) is 0 Å². The maximum atomic E-state index is 10.4. The third-order valence-electron chi connectivity index (χ3n) is 2.33. The Morgan fingerprint density at radius 1 is 1.35 bits per heavy atom. The molecule has 5 nitrogen and oxygen atoms in total. The maximum Gasteiger partial charge on any atom is 0.303 e. The molecule has 0 radical (unpaired) electrons. The van der Waals surface area contributed by atoms with Crippen molar-refractivity contribution < 1.29 is 14.4 Å². The molecule has 0 bridgehead atoms. The van der Waals surface area contributed by atoms with E-state index in [1.165, 1.54) is 0 Å². The molecule has 1 N–H and O–H groups in total. The number of benzene rings is 1. The predicted molar refractivity (Wildman–Crippen MR) is 60.4 cm³/mol. The van der Waals surface area contributed by atoms with Crippen molar-refractivity contribution in [3.05, 3.63) is 35.7 Å². The van der Waals surface area contributed by atoms with E-state index in [2.05, 4.69) is 10.1 Å². The summed E-state index contributed by atoms with van der Waals surface area (Å²) in [5.41, 5.74) is 2.02. The van der Waals surface area contributed by atoms with Crippen molar-refractivity contribution in [3.8, 4) is 11.4 Å². The standard InChI is InChI=1S/C12H12N2O3/c1-8-2-4-9(5-3-8)12-13-10(17-14-12)6-7-11(15)16/h2-5H,6-7H2,1H3,(H,15,16). The Labute approximate surface area is 98.1 Å². The third kappa shape index (κ3) is 2.90. The van der Waals surface area contributed by atoms with Gasteiger partial charge in [-0.1, -0.05) is 35.0 Å². The van der Waals surface area contributed by atoms with E-state index >= 15 is 0 Å². The van der Waals surface area contributed by atoms with Crippen LogP contribution in [0.5, 0.6) is 0 Å². The molecular weight excluding hydrogens is 220 g/mol. The maximum absolute atomic E-state index is 10.4. The SMILES string of the molecule is Cc1ccc(-c2noc(CCC(=O)O)n2)cc1. The highest BCUT2D eigenvalue weighted by atomic mass is 16.5. The molecule has 5 heteroatoms. The first-order valence-electron chi connectivity index (χ1n) is 5.26. The van der Waals surface area contributed by atoms with Crippen LogP contribution in [-0.2, 0) is 11.2 Å². The summed E-state index contributed by atoms with van der Waals surface area (Å²) in [5.74, 6) is -0.0338. The highest BCUT2D eigenvalue weighted by molar-refractivity contribution is 5.66. The Morgan fingerprint density at radius 2 is 2.06 bits per heavy atom. The zero-order chi connectivity index (χ0) is 12.3. The molecule has 0 unspecified atom stereocenters. The summed E-state index contributed by atoms with van der Waals surface area (Å²) in [4.78, 5) is 14.5. The summed E-state index contributed by atoms with van der Waals surface area (Å²) in [6, 6.07) is 7.73. The molecule has 88 valence electrons. The second-order valence-electron chi connectivity index (χ2n) is 3.77. The van der Waals surface area contributed by atoms with Gasteiger partial charge in [0.25, 0.3) is 0 Å². The lowest BCUT2D eigenvalue weighted by Crippen LogP contribution is -1.97. The average Bonchev–Trinajstić information content (AvgIpc) is 2.76. The number of carboxylic acid groups (broad SMARTS) is 1. The normalized spacial score (nSPS) is 10.4. The molecule has 1 aromatic carbocycles. The molecule has 0 aliphatic heterocycles. The number of nitrogens with zero attached hydrogens (tertiary/aromatic N) is 2. The molecule has 0 saturated carbocycles. The average molecular weight is 232 g/mol. The van der Waals surface area contributed by atoms with Crippen molar-refractivity contribution in [1.82, 2.24) is 10.1 Å². The van der Waals surface area contributed by atoms with Crippen molar-refractivity contribution in [2.75, 3.05) is 0 Å². The lowest BCUT2D eigenvalue weighted by atomic mass is 10.1. The van der Waals surface area contributed by atoms with E-state index in [1.807, 2.05) is 31.2 Å². The van der Waals surface area contributed by atoms with Crippen LogP contribution in [0.1, 0.15) is 17.9 Å². The van der Waals surface area contributed by atoms with Crippen molar-refractivity contribution in [2.45, 2.75) is 19.8 Å². The van der Waals surface area contributed by atoms with Gasteiger partial charge in [0, 0.05) is 12.0 Å².